The molecule has 1 fully saturated rings. The van der Waals surface area contributed by atoms with E-state index in [1.807, 2.05) is 49.1 Å². The van der Waals surface area contributed by atoms with Crippen molar-refractivity contribution in [1.82, 2.24) is 24.6 Å². The van der Waals surface area contributed by atoms with E-state index in [0.29, 0.717) is 44.0 Å². The van der Waals surface area contributed by atoms with E-state index in [4.69, 9.17) is 0 Å². The van der Waals surface area contributed by atoms with Gasteiger partial charge in [0.15, 0.2) is 5.82 Å². The molecule has 3 heterocycles. The molecule has 1 aliphatic rings. The van der Waals surface area contributed by atoms with E-state index in [-0.39, 0.29) is 11.8 Å². The smallest absolute Gasteiger partial charge is 0.255 e. The van der Waals surface area contributed by atoms with Crippen LogP contribution in [0.3, 0.4) is 0 Å². The largest absolute Gasteiger partial charge is 0.339 e. The second-order valence-electron chi connectivity index (χ2n) is 8.26. The van der Waals surface area contributed by atoms with Gasteiger partial charge in [-0.2, -0.15) is 5.10 Å². The highest BCUT2D eigenvalue weighted by Crippen LogP contribution is 2.14. The average molecular weight is 432 g/mol. The first kappa shape index (κ1) is 21.7. The average Bonchev–Trinajstić information content (AvgIpc) is 3.17. The van der Waals surface area contributed by atoms with Crippen molar-refractivity contribution in [2.24, 2.45) is 0 Å². The molecule has 0 aliphatic carbocycles. The molecule has 7 heteroatoms. The second kappa shape index (κ2) is 9.77. The predicted molar refractivity (Wildman–Crippen MR) is 123 cm³/mol. The van der Waals surface area contributed by atoms with E-state index < -0.39 is 0 Å². The molecule has 0 unspecified atom stereocenters. The third-order valence-electron chi connectivity index (χ3n) is 5.84. The summed E-state index contributed by atoms with van der Waals surface area (Å²) >= 11 is 0. The van der Waals surface area contributed by atoms with Crippen LogP contribution in [0.25, 0.3) is 5.82 Å². The Morgan fingerprint density at radius 3 is 2.28 bits per heavy atom. The van der Waals surface area contributed by atoms with Gasteiger partial charge in [0.25, 0.3) is 5.91 Å². The van der Waals surface area contributed by atoms with Crippen LogP contribution in [0.5, 0.6) is 0 Å². The molecule has 0 radical (unpaired) electrons. The number of aryl methyl sites for hydroxylation is 3. The van der Waals surface area contributed by atoms with E-state index in [9.17, 15) is 9.59 Å². The van der Waals surface area contributed by atoms with E-state index >= 15 is 0 Å². The van der Waals surface area contributed by atoms with Crippen LogP contribution in [0.15, 0.2) is 54.7 Å². The molecule has 32 heavy (non-hydrogen) atoms. The molecule has 4 rings (SSSR count). The zero-order valence-electron chi connectivity index (χ0n) is 18.7. The Morgan fingerprint density at radius 2 is 1.66 bits per heavy atom. The molecule has 2 amide bonds. The summed E-state index contributed by atoms with van der Waals surface area (Å²) in [4.78, 5) is 33.5. The summed E-state index contributed by atoms with van der Waals surface area (Å²) in [5, 5.41) is 4.43. The van der Waals surface area contributed by atoms with Gasteiger partial charge in [0.1, 0.15) is 0 Å². The highest BCUT2D eigenvalue weighted by Gasteiger charge is 2.25. The molecule has 166 valence electrons. The number of amides is 2. The maximum absolute atomic E-state index is 12.9. The number of carbonyl (C=O) groups is 2. The molecule has 1 saturated heterocycles. The minimum Gasteiger partial charge on any atom is -0.339 e. The highest BCUT2D eigenvalue weighted by molar-refractivity contribution is 5.94. The summed E-state index contributed by atoms with van der Waals surface area (Å²) in [6.45, 7) is 6.16. The zero-order chi connectivity index (χ0) is 22.5. The van der Waals surface area contributed by atoms with Crippen molar-refractivity contribution >= 4 is 11.8 Å². The van der Waals surface area contributed by atoms with Crippen molar-refractivity contribution in [2.45, 2.75) is 33.1 Å². The number of hydrogen-bond acceptors (Lipinski definition) is 4. The summed E-state index contributed by atoms with van der Waals surface area (Å²) in [5.74, 6) is 0.815. The van der Waals surface area contributed by atoms with Gasteiger partial charge in [0, 0.05) is 44.5 Å². The Labute approximate surface area is 188 Å². The summed E-state index contributed by atoms with van der Waals surface area (Å²) in [6.07, 6.45) is 3.90. The lowest BCUT2D eigenvalue weighted by Crippen LogP contribution is -2.50. The van der Waals surface area contributed by atoms with Gasteiger partial charge in [-0.15, -0.1) is 0 Å². The van der Waals surface area contributed by atoms with E-state index in [2.05, 4.69) is 22.2 Å². The summed E-state index contributed by atoms with van der Waals surface area (Å²) < 4.78 is 1.77. The molecule has 7 nitrogen and oxygen atoms in total. The lowest BCUT2D eigenvalue weighted by atomic mass is 10.1. The van der Waals surface area contributed by atoms with Crippen molar-refractivity contribution in [3.8, 4) is 5.82 Å². The third kappa shape index (κ3) is 5.04. The molecule has 1 aliphatic heterocycles. The van der Waals surface area contributed by atoms with Gasteiger partial charge in [-0.25, -0.2) is 9.67 Å². The first-order valence-electron chi connectivity index (χ1n) is 11.1. The fourth-order valence-electron chi connectivity index (χ4n) is 4.09. The number of rotatable bonds is 6. The number of hydrogen-bond donors (Lipinski definition) is 0. The monoisotopic (exact) mass is 431 g/mol. The van der Waals surface area contributed by atoms with Crippen LogP contribution in [0.1, 0.15) is 40.2 Å². The number of benzene rings is 1. The number of pyridine rings is 1. The minimum absolute atomic E-state index is 0.0476. The van der Waals surface area contributed by atoms with Crippen LogP contribution in [-0.2, 0) is 11.2 Å². The van der Waals surface area contributed by atoms with Gasteiger partial charge in [0.2, 0.25) is 5.91 Å². The van der Waals surface area contributed by atoms with E-state index in [1.165, 1.54) is 5.56 Å². The molecule has 0 N–H and O–H groups in total. The van der Waals surface area contributed by atoms with Gasteiger partial charge in [-0.1, -0.05) is 30.3 Å². The molecule has 3 aromatic rings. The molecule has 0 spiro atoms. The maximum atomic E-state index is 12.9. The number of nitrogens with zero attached hydrogens (tertiary/aromatic N) is 5. The van der Waals surface area contributed by atoms with Gasteiger partial charge in [-0.3, -0.25) is 9.59 Å². The van der Waals surface area contributed by atoms with Crippen molar-refractivity contribution in [3.63, 3.8) is 0 Å². The zero-order valence-corrected chi connectivity index (χ0v) is 18.7. The summed E-state index contributed by atoms with van der Waals surface area (Å²) in [7, 11) is 0. The normalized spacial score (nSPS) is 13.9. The lowest BCUT2D eigenvalue weighted by molar-refractivity contribution is -0.132. The van der Waals surface area contributed by atoms with Crippen molar-refractivity contribution in [1.29, 1.82) is 0 Å². The minimum atomic E-state index is -0.0476. The van der Waals surface area contributed by atoms with Gasteiger partial charge in [0.05, 0.1) is 11.3 Å². The molecular formula is C25H29N5O2. The van der Waals surface area contributed by atoms with Crippen LogP contribution in [-0.4, -0.2) is 62.6 Å². The van der Waals surface area contributed by atoms with E-state index in [0.717, 1.165) is 24.2 Å². The van der Waals surface area contributed by atoms with Crippen LogP contribution in [0.2, 0.25) is 0 Å². The standard InChI is InChI=1S/C25H29N5O2/c1-19-17-20(2)30(27-19)23-12-11-22(18-26-23)25(32)29-15-13-28(14-16-29)24(31)10-6-9-21-7-4-3-5-8-21/h3-5,7-8,11-12,17-18H,6,9-10,13-16H2,1-2H3. The Bertz CT molecular complexity index is 1070. The molecule has 2 aromatic heterocycles. The second-order valence-corrected chi connectivity index (χ2v) is 8.26. The first-order chi connectivity index (χ1) is 15.5. The SMILES string of the molecule is Cc1cc(C)n(-c2ccc(C(=O)N3CCN(C(=O)CCCc4ccccc4)CC3)cn2)n1. The number of piperazine rings is 1. The Kier molecular flexibility index (Phi) is 6.63. The fourth-order valence-corrected chi connectivity index (χ4v) is 4.09. The Hall–Kier alpha value is -3.48. The number of aromatic nitrogens is 3. The molecule has 1 aromatic carbocycles. The maximum Gasteiger partial charge on any atom is 0.255 e. The predicted octanol–water partition coefficient (Wildman–Crippen LogP) is 3.19. The van der Waals surface area contributed by atoms with Gasteiger partial charge >= 0.3 is 0 Å². The highest BCUT2D eigenvalue weighted by atomic mass is 16.2. The first-order valence-corrected chi connectivity index (χ1v) is 11.1. The summed E-state index contributed by atoms with van der Waals surface area (Å²) in [5.41, 5.74) is 3.74. The molecular weight excluding hydrogens is 402 g/mol. The van der Waals surface area contributed by atoms with E-state index in [1.54, 1.807) is 21.8 Å². The van der Waals surface area contributed by atoms with Gasteiger partial charge < -0.3 is 9.80 Å². The lowest BCUT2D eigenvalue weighted by Gasteiger charge is -2.35. The molecule has 0 saturated carbocycles. The third-order valence-corrected chi connectivity index (χ3v) is 5.84. The Balaban J connectivity index is 1.27. The van der Waals surface area contributed by atoms with Crippen LogP contribution in [0.4, 0.5) is 0 Å². The summed E-state index contributed by atoms with van der Waals surface area (Å²) in [6, 6.07) is 15.8. The van der Waals surface area contributed by atoms with Crippen molar-refractivity contribution in [3.05, 3.63) is 77.2 Å². The molecule has 0 bridgehead atoms. The number of carbonyl (C=O) groups excluding carboxylic acids is 2. The topological polar surface area (TPSA) is 71.3 Å². The van der Waals surface area contributed by atoms with Gasteiger partial charge in [-0.05, 0) is 50.5 Å². The van der Waals surface area contributed by atoms with Crippen molar-refractivity contribution in [2.75, 3.05) is 26.2 Å². The van der Waals surface area contributed by atoms with Crippen LogP contribution < -0.4 is 0 Å². The fraction of sp³-hybridized carbons (Fsp3) is 0.360. The Morgan fingerprint density at radius 1 is 0.938 bits per heavy atom. The quantitative estimate of drug-likeness (QED) is 0.601. The molecule has 0 atom stereocenters. The van der Waals surface area contributed by atoms with Crippen LogP contribution in [0, 0.1) is 13.8 Å². The van der Waals surface area contributed by atoms with Crippen molar-refractivity contribution < 1.29 is 9.59 Å². The van der Waals surface area contributed by atoms with Crippen LogP contribution >= 0.6 is 0 Å².